The first-order valence-corrected chi connectivity index (χ1v) is 11.2. The Bertz CT molecular complexity index is 1150. The zero-order valence-electron chi connectivity index (χ0n) is 18.7. The number of nitrogens with one attached hydrogen (secondary N) is 4. The van der Waals surface area contributed by atoms with Crippen molar-refractivity contribution >= 4 is 40.7 Å². The summed E-state index contributed by atoms with van der Waals surface area (Å²) in [7, 11) is 0. The fourth-order valence-corrected chi connectivity index (χ4v) is 4.11. The molecule has 1 fully saturated rings. The van der Waals surface area contributed by atoms with Crippen LogP contribution in [0.15, 0.2) is 36.4 Å². The number of piperidine rings is 1. The lowest BCUT2D eigenvalue weighted by molar-refractivity contribution is -0.118. The standard InChI is InChI=1S/C24H26FN5O4/c1-14-4-2-3-9-30(14)13-22(32)27-16-6-8-18(25)20(11-16)29-23(33)15-5-7-17-19(10-15)28-21(31)12-26-24(17)34/h5-8,10-11,14H,2-4,9,12-13H2,1H3,(H,26,34)(H,27,32)(H,28,31)(H,29,33). The van der Waals surface area contributed by atoms with Crippen LogP contribution in [0.25, 0.3) is 0 Å². The number of carbonyl (C=O) groups excluding carboxylic acids is 4. The minimum Gasteiger partial charge on any atom is -0.343 e. The minimum absolute atomic E-state index is 0.106. The molecule has 4 rings (SSSR count). The topological polar surface area (TPSA) is 120 Å². The van der Waals surface area contributed by atoms with Crippen LogP contribution in [0.3, 0.4) is 0 Å². The van der Waals surface area contributed by atoms with Crippen LogP contribution in [-0.2, 0) is 9.59 Å². The van der Waals surface area contributed by atoms with Gasteiger partial charge in [-0.1, -0.05) is 6.42 Å². The summed E-state index contributed by atoms with van der Waals surface area (Å²) in [6.45, 7) is 3.03. The summed E-state index contributed by atoms with van der Waals surface area (Å²) in [5.41, 5.74) is 0.798. The molecule has 4 N–H and O–H groups in total. The number of likely N-dealkylation sites (tertiary alicyclic amines) is 1. The third-order valence-electron chi connectivity index (χ3n) is 6.00. The zero-order valence-corrected chi connectivity index (χ0v) is 18.7. The second-order valence-corrected chi connectivity index (χ2v) is 8.50. The lowest BCUT2D eigenvalue weighted by Crippen LogP contribution is -2.42. The smallest absolute Gasteiger partial charge is 0.255 e. The summed E-state index contributed by atoms with van der Waals surface area (Å²) in [5.74, 6) is -2.37. The molecule has 10 heteroatoms. The van der Waals surface area contributed by atoms with E-state index < -0.39 is 23.5 Å². The summed E-state index contributed by atoms with van der Waals surface area (Å²) in [6.07, 6.45) is 3.27. The van der Waals surface area contributed by atoms with Crippen molar-refractivity contribution in [3.8, 4) is 0 Å². The Morgan fingerprint density at radius 3 is 2.74 bits per heavy atom. The van der Waals surface area contributed by atoms with Crippen LogP contribution in [0, 0.1) is 5.82 Å². The lowest BCUT2D eigenvalue weighted by Gasteiger charge is -2.32. The van der Waals surface area contributed by atoms with Crippen molar-refractivity contribution in [3.63, 3.8) is 0 Å². The Hall–Kier alpha value is -3.79. The molecule has 2 aliphatic heterocycles. The molecule has 1 unspecified atom stereocenters. The van der Waals surface area contributed by atoms with E-state index >= 15 is 0 Å². The van der Waals surface area contributed by atoms with E-state index in [1.807, 2.05) is 0 Å². The molecule has 0 aliphatic carbocycles. The number of hydrogen-bond donors (Lipinski definition) is 4. The number of nitrogens with zero attached hydrogens (tertiary/aromatic N) is 1. The van der Waals surface area contributed by atoms with Crippen molar-refractivity contribution in [2.24, 2.45) is 0 Å². The first-order valence-electron chi connectivity index (χ1n) is 11.2. The van der Waals surface area contributed by atoms with E-state index in [1.54, 1.807) is 0 Å². The third-order valence-corrected chi connectivity index (χ3v) is 6.00. The molecular weight excluding hydrogens is 441 g/mol. The Morgan fingerprint density at radius 1 is 1.12 bits per heavy atom. The molecule has 2 aliphatic rings. The van der Waals surface area contributed by atoms with Crippen LogP contribution in [0.5, 0.6) is 0 Å². The van der Waals surface area contributed by atoms with E-state index in [0.717, 1.165) is 31.9 Å². The van der Waals surface area contributed by atoms with Crippen molar-refractivity contribution < 1.29 is 23.6 Å². The highest BCUT2D eigenvalue weighted by atomic mass is 19.1. The van der Waals surface area contributed by atoms with E-state index in [2.05, 4.69) is 33.1 Å². The van der Waals surface area contributed by atoms with Gasteiger partial charge in [0.1, 0.15) is 5.82 Å². The molecule has 0 radical (unpaired) electrons. The molecule has 0 bridgehead atoms. The van der Waals surface area contributed by atoms with Crippen molar-refractivity contribution in [1.29, 1.82) is 0 Å². The summed E-state index contributed by atoms with van der Waals surface area (Å²) in [4.78, 5) is 51.2. The van der Waals surface area contributed by atoms with E-state index in [-0.39, 0.29) is 41.5 Å². The van der Waals surface area contributed by atoms with Crippen LogP contribution >= 0.6 is 0 Å². The average Bonchev–Trinajstić information content (AvgIpc) is 2.95. The predicted octanol–water partition coefficient (Wildman–Crippen LogP) is 2.57. The third kappa shape index (κ3) is 5.40. The summed E-state index contributed by atoms with van der Waals surface area (Å²) < 4.78 is 14.4. The average molecular weight is 468 g/mol. The second kappa shape index (κ2) is 10.0. The highest BCUT2D eigenvalue weighted by Gasteiger charge is 2.22. The van der Waals surface area contributed by atoms with Crippen molar-refractivity contribution in [3.05, 3.63) is 53.3 Å². The monoisotopic (exact) mass is 467 g/mol. The highest BCUT2D eigenvalue weighted by Crippen LogP contribution is 2.24. The molecule has 0 saturated carbocycles. The number of anilines is 3. The van der Waals surface area contributed by atoms with Gasteiger partial charge in [0.15, 0.2) is 0 Å². The molecule has 4 amide bonds. The number of halogens is 1. The van der Waals surface area contributed by atoms with Crippen molar-refractivity contribution in [2.45, 2.75) is 32.2 Å². The number of hydrogen-bond acceptors (Lipinski definition) is 5. The maximum absolute atomic E-state index is 14.4. The van der Waals surface area contributed by atoms with Crippen molar-refractivity contribution in [2.75, 3.05) is 35.6 Å². The van der Waals surface area contributed by atoms with Gasteiger partial charge in [-0.05, 0) is 62.7 Å². The fourth-order valence-electron chi connectivity index (χ4n) is 4.11. The Balaban J connectivity index is 1.45. The molecule has 178 valence electrons. The first-order chi connectivity index (χ1) is 16.3. The maximum atomic E-state index is 14.4. The molecule has 0 spiro atoms. The lowest BCUT2D eigenvalue weighted by atomic mass is 10.0. The SMILES string of the molecule is CC1CCCCN1CC(=O)Nc1ccc(F)c(NC(=O)c2ccc3c(c2)NC(=O)CNC3=O)c1. The van der Waals surface area contributed by atoms with Gasteiger partial charge in [0.25, 0.3) is 11.8 Å². The quantitative estimate of drug-likeness (QED) is 0.539. The van der Waals surface area contributed by atoms with Crippen molar-refractivity contribution in [1.82, 2.24) is 10.2 Å². The number of amides is 4. The van der Waals surface area contributed by atoms with E-state index in [4.69, 9.17) is 0 Å². The van der Waals surface area contributed by atoms with Gasteiger partial charge in [-0.25, -0.2) is 4.39 Å². The van der Waals surface area contributed by atoms with Gasteiger partial charge in [-0.2, -0.15) is 0 Å². The van der Waals surface area contributed by atoms with E-state index in [9.17, 15) is 23.6 Å². The summed E-state index contributed by atoms with van der Waals surface area (Å²) in [6, 6.07) is 8.46. The van der Waals surface area contributed by atoms with Crippen LogP contribution in [0.1, 0.15) is 46.9 Å². The van der Waals surface area contributed by atoms with Crippen LogP contribution in [0.4, 0.5) is 21.5 Å². The first kappa shape index (κ1) is 23.4. The van der Waals surface area contributed by atoms with Gasteiger partial charge in [0.05, 0.1) is 30.0 Å². The van der Waals surface area contributed by atoms with Crippen LogP contribution in [0.2, 0.25) is 0 Å². The van der Waals surface area contributed by atoms with E-state index in [1.165, 1.54) is 30.3 Å². The molecule has 2 aromatic rings. The molecule has 2 aromatic carbocycles. The molecule has 1 saturated heterocycles. The molecule has 9 nitrogen and oxygen atoms in total. The second-order valence-electron chi connectivity index (χ2n) is 8.50. The fraction of sp³-hybridized carbons (Fsp3) is 0.333. The predicted molar refractivity (Wildman–Crippen MR) is 125 cm³/mol. The van der Waals surface area contributed by atoms with Gasteiger partial charge in [0.2, 0.25) is 11.8 Å². The van der Waals surface area contributed by atoms with E-state index in [0.29, 0.717) is 11.7 Å². The number of carbonyl (C=O) groups is 4. The Labute approximate surface area is 196 Å². The van der Waals surface area contributed by atoms with Gasteiger partial charge in [-0.15, -0.1) is 0 Å². The number of rotatable bonds is 5. The minimum atomic E-state index is -0.668. The molecule has 2 heterocycles. The normalized spacial score (nSPS) is 18.2. The van der Waals surface area contributed by atoms with Crippen LogP contribution in [-0.4, -0.2) is 54.2 Å². The summed E-state index contributed by atoms with van der Waals surface area (Å²) in [5, 5.41) is 10.3. The molecular formula is C24H26FN5O4. The number of fused-ring (bicyclic) bond motifs is 1. The van der Waals surface area contributed by atoms with Gasteiger partial charge in [-0.3, -0.25) is 24.1 Å². The highest BCUT2D eigenvalue weighted by molar-refractivity contribution is 6.11. The molecule has 1 atom stereocenters. The van der Waals surface area contributed by atoms with Gasteiger partial charge < -0.3 is 21.3 Å². The Morgan fingerprint density at radius 2 is 1.94 bits per heavy atom. The number of benzene rings is 2. The molecule has 34 heavy (non-hydrogen) atoms. The Kier molecular flexibility index (Phi) is 6.87. The summed E-state index contributed by atoms with van der Waals surface area (Å²) >= 11 is 0. The van der Waals surface area contributed by atoms with Crippen LogP contribution < -0.4 is 21.3 Å². The largest absolute Gasteiger partial charge is 0.343 e. The van der Waals surface area contributed by atoms with Gasteiger partial charge >= 0.3 is 0 Å². The zero-order chi connectivity index (χ0) is 24.2. The van der Waals surface area contributed by atoms with Gasteiger partial charge in [0, 0.05) is 17.3 Å². The molecule has 0 aromatic heterocycles. The maximum Gasteiger partial charge on any atom is 0.255 e.